The number of nitrogens with zero attached hydrogens (tertiary/aromatic N) is 1. The summed E-state index contributed by atoms with van der Waals surface area (Å²) in [4.78, 5) is 29.9. The average Bonchev–Trinajstić information content (AvgIpc) is 3.18. The van der Waals surface area contributed by atoms with Crippen LogP contribution in [-0.4, -0.2) is 29.4 Å². The minimum Gasteiger partial charge on any atom is -0.361 e. The van der Waals surface area contributed by atoms with E-state index in [1.807, 2.05) is 38.2 Å². The van der Waals surface area contributed by atoms with Gasteiger partial charge in [-0.3, -0.25) is 9.59 Å². The second-order valence-electron chi connectivity index (χ2n) is 7.66. The van der Waals surface area contributed by atoms with E-state index in [1.165, 1.54) is 21.4 Å². The first-order valence-corrected chi connectivity index (χ1v) is 9.68. The van der Waals surface area contributed by atoms with Crippen molar-refractivity contribution in [3.8, 4) is 0 Å². The summed E-state index contributed by atoms with van der Waals surface area (Å²) in [5.74, 6) is -0.309. The molecule has 2 amide bonds. The summed E-state index contributed by atoms with van der Waals surface area (Å²) in [7, 11) is 0. The molecule has 0 saturated carbocycles. The number of imide groups is 1. The Morgan fingerprint density at radius 2 is 1.89 bits per heavy atom. The number of carbonyl (C=O) groups is 2. The average molecular weight is 375 g/mol. The number of amides is 2. The lowest BCUT2D eigenvalue weighted by molar-refractivity contribution is -0.121. The second kappa shape index (κ2) is 7.24. The van der Waals surface area contributed by atoms with Crippen molar-refractivity contribution < 1.29 is 9.59 Å². The molecular formula is C23H25N3O2. The van der Waals surface area contributed by atoms with Crippen molar-refractivity contribution in [2.75, 3.05) is 11.4 Å². The fourth-order valence-electron chi connectivity index (χ4n) is 3.81. The van der Waals surface area contributed by atoms with Crippen molar-refractivity contribution in [2.24, 2.45) is 0 Å². The SMILES string of the molecule is Cc1ccc2[nH]cc(CCN[C@H]3CC(=O)N(c4ccc(C)c(C)c4)C3=O)c2c1. The van der Waals surface area contributed by atoms with E-state index in [0.717, 1.165) is 23.1 Å². The molecule has 0 bridgehead atoms. The number of carbonyl (C=O) groups excluding carboxylic acids is 2. The van der Waals surface area contributed by atoms with Gasteiger partial charge in [-0.1, -0.05) is 17.7 Å². The Balaban J connectivity index is 1.43. The minimum atomic E-state index is -0.457. The van der Waals surface area contributed by atoms with Crippen LogP contribution in [-0.2, 0) is 16.0 Å². The highest BCUT2D eigenvalue weighted by Gasteiger charge is 2.39. The molecule has 5 heteroatoms. The van der Waals surface area contributed by atoms with E-state index in [9.17, 15) is 9.59 Å². The summed E-state index contributed by atoms with van der Waals surface area (Å²) in [5, 5.41) is 4.49. The first kappa shape index (κ1) is 18.4. The summed E-state index contributed by atoms with van der Waals surface area (Å²) in [6, 6.07) is 11.6. The van der Waals surface area contributed by atoms with Crippen LogP contribution in [0.1, 0.15) is 28.7 Å². The lowest BCUT2D eigenvalue weighted by atomic mass is 10.1. The molecule has 0 radical (unpaired) electrons. The van der Waals surface area contributed by atoms with Gasteiger partial charge in [-0.15, -0.1) is 0 Å². The number of aromatic amines is 1. The first-order chi connectivity index (χ1) is 13.4. The van der Waals surface area contributed by atoms with Crippen LogP contribution in [0.5, 0.6) is 0 Å². The van der Waals surface area contributed by atoms with Gasteiger partial charge >= 0.3 is 0 Å². The van der Waals surface area contributed by atoms with Gasteiger partial charge in [-0.05, 0) is 68.1 Å². The summed E-state index contributed by atoms with van der Waals surface area (Å²) >= 11 is 0. The Kier molecular flexibility index (Phi) is 4.77. The van der Waals surface area contributed by atoms with E-state index in [2.05, 4.69) is 35.4 Å². The van der Waals surface area contributed by atoms with Gasteiger partial charge in [-0.2, -0.15) is 0 Å². The number of aromatic nitrogens is 1. The highest BCUT2D eigenvalue weighted by Crippen LogP contribution is 2.25. The Hall–Kier alpha value is -2.92. The number of rotatable bonds is 5. The van der Waals surface area contributed by atoms with Gasteiger partial charge < -0.3 is 10.3 Å². The molecule has 2 N–H and O–H groups in total. The van der Waals surface area contributed by atoms with E-state index < -0.39 is 6.04 Å². The molecule has 0 unspecified atom stereocenters. The number of fused-ring (bicyclic) bond motifs is 1. The zero-order valence-electron chi connectivity index (χ0n) is 16.5. The quantitative estimate of drug-likeness (QED) is 0.670. The van der Waals surface area contributed by atoms with Crippen molar-refractivity contribution in [2.45, 2.75) is 39.7 Å². The van der Waals surface area contributed by atoms with E-state index in [0.29, 0.717) is 12.2 Å². The van der Waals surface area contributed by atoms with Crippen LogP contribution < -0.4 is 10.2 Å². The molecule has 0 spiro atoms. The number of hydrogen-bond donors (Lipinski definition) is 2. The van der Waals surface area contributed by atoms with Crippen LogP contribution in [0.4, 0.5) is 5.69 Å². The van der Waals surface area contributed by atoms with Crippen molar-refractivity contribution in [1.82, 2.24) is 10.3 Å². The maximum absolute atomic E-state index is 12.8. The summed E-state index contributed by atoms with van der Waals surface area (Å²) in [6.45, 7) is 6.73. The number of hydrogen-bond acceptors (Lipinski definition) is 3. The fourth-order valence-corrected chi connectivity index (χ4v) is 3.81. The first-order valence-electron chi connectivity index (χ1n) is 9.68. The van der Waals surface area contributed by atoms with E-state index in [-0.39, 0.29) is 18.2 Å². The molecule has 2 aromatic carbocycles. The molecule has 3 aromatic rings. The van der Waals surface area contributed by atoms with Crippen molar-refractivity contribution in [3.63, 3.8) is 0 Å². The number of anilines is 1. The molecule has 1 aliphatic rings. The minimum absolute atomic E-state index is 0.145. The van der Waals surface area contributed by atoms with Crippen molar-refractivity contribution >= 4 is 28.4 Å². The summed E-state index contributed by atoms with van der Waals surface area (Å²) in [5.41, 5.74) is 6.44. The Labute approximate surface area is 164 Å². The third-order valence-corrected chi connectivity index (χ3v) is 5.60. The topological polar surface area (TPSA) is 65.2 Å². The van der Waals surface area contributed by atoms with Gasteiger partial charge in [0, 0.05) is 23.6 Å². The fraction of sp³-hybridized carbons (Fsp3) is 0.304. The zero-order chi connectivity index (χ0) is 19.8. The molecule has 28 heavy (non-hydrogen) atoms. The normalized spacial score (nSPS) is 17.1. The van der Waals surface area contributed by atoms with Gasteiger partial charge in [0.15, 0.2) is 0 Å². The van der Waals surface area contributed by atoms with Crippen LogP contribution in [0, 0.1) is 20.8 Å². The number of benzene rings is 2. The van der Waals surface area contributed by atoms with Crippen LogP contribution in [0.3, 0.4) is 0 Å². The Bertz CT molecular complexity index is 1070. The van der Waals surface area contributed by atoms with Gasteiger partial charge in [0.2, 0.25) is 5.91 Å². The number of nitrogens with one attached hydrogen (secondary N) is 2. The van der Waals surface area contributed by atoms with Crippen LogP contribution in [0.15, 0.2) is 42.6 Å². The number of aryl methyl sites for hydroxylation is 3. The lowest BCUT2D eigenvalue weighted by Crippen LogP contribution is -2.39. The van der Waals surface area contributed by atoms with Crippen molar-refractivity contribution in [3.05, 3.63) is 64.8 Å². The van der Waals surface area contributed by atoms with Crippen LogP contribution >= 0.6 is 0 Å². The molecule has 2 heterocycles. The molecule has 1 aliphatic heterocycles. The maximum Gasteiger partial charge on any atom is 0.251 e. The van der Waals surface area contributed by atoms with E-state index in [4.69, 9.17) is 0 Å². The summed E-state index contributed by atoms with van der Waals surface area (Å²) < 4.78 is 0. The van der Waals surface area contributed by atoms with Crippen molar-refractivity contribution in [1.29, 1.82) is 0 Å². The smallest absolute Gasteiger partial charge is 0.251 e. The maximum atomic E-state index is 12.8. The molecule has 1 fully saturated rings. The lowest BCUT2D eigenvalue weighted by Gasteiger charge is -2.17. The standard InChI is InChI=1S/C23H25N3O2/c1-14-4-7-20-19(10-14)17(13-25-20)8-9-24-21-12-22(27)26(23(21)28)18-6-5-15(2)16(3)11-18/h4-7,10-11,13,21,24-25H,8-9,12H2,1-3H3/t21-/m0/s1. The summed E-state index contributed by atoms with van der Waals surface area (Å²) in [6.07, 6.45) is 3.03. The van der Waals surface area contributed by atoms with Gasteiger partial charge in [-0.25, -0.2) is 4.90 Å². The third-order valence-electron chi connectivity index (χ3n) is 5.60. The van der Waals surface area contributed by atoms with E-state index in [1.54, 1.807) is 0 Å². The molecule has 1 atom stereocenters. The van der Waals surface area contributed by atoms with Gasteiger partial charge in [0.05, 0.1) is 18.2 Å². The Morgan fingerprint density at radius 1 is 1.07 bits per heavy atom. The van der Waals surface area contributed by atoms with Crippen LogP contribution in [0.25, 0.3) is 10.9 Å². The zero-order valence-corrected chi connectivity index (χ0v) is 16.5. The van der Waals surface area contributed by atoms with Crippen LogP contribution in [0.2, 0.25) is 0 Å². The highest BCUT2D eigenvalue weighted by atomic mass is 16.2. The van der Waals surface area contributed by atoms with Gasteiger partial charge in [0.25, 0.3) is 5.91 Å². The monoisotopic (exact) mass is 375 g/mol. The second-order valence-corrected chi connectivity index (χ2v) is 7.66. The predicted molar refractivity (Wildman–Crippen MR) is 112 cm³/mol. The van der Waals surface area contributed by atoms with Gasteiger partial charge in [0.1, 0.15) is 0 Å². The molecule has 144 valence electrons. The third kappa shape index (κ3) is 3.34. The molecule has 4 rings (SSSR count). The largest absolute Gasteiger partial charge is 0.361 e. The molecule has 1 saturated heterocycles. The predicted octanol–water partition coefficient (Wildman–Crippen LogP) is 3.56. The Morgan fingerprint density at radius 3 is 2.68 bits per heavy atom. The highest BCUT2D eigenvalue weighted by molar-refractivity contribution is 6.22. The molecule has 5 nitrogen and oxygen atoms in total. The van der Waals surface area contributed by atoms with E-state index >= 15 is 0 Å². The molecule has 0 aliphatic carbocycles. The number of H-pyrrole nitrogens is 1. The molecule has 1 aromatic heterocycles. The molecular weight excluding hydrogens is 350 g/mol.